The van der Waals surface area contributed by atoms with E-state index >= 15 is 0 Å². The van der Waals surface area contributed by atoms with E-state index in [0.717, 1.165) is 58.4 Å². The third-order valence-electron chi connectivity index (χ3n) is 7.34. The molecule has 3 fully saturated rings. The number of benzene rings is 1. The topological polar surface area (TPSA) is 55.9 Å². The summed E-state index contributed by atoms with van der Waals surface area (Å²) in [7, 11) is 0. The quantitative estimate of drug-likeness (QED) is 0.775. The molecule has 2 saturated heterocycles. The fourth-order valence-electron chi connectivity index (χ4n) is 5.48. The lowest BCUT2D eigenvalue weighted by Crippen LogP contribution is -2.58. The minimum absolute atomic E-state index is 0.0103. The third kappa shape index (κ3) is 3.75. The number of nitrogens with one attached hydrogen (secondary N) is 1. The molecule has 1 aromatic rings. The highest BCUT2D eigenvalue weighted by atomic mass is 16.2. The number of amides is 3. The van der Waals surface area contributed by atoms with Gasteiger partial charge in [0.2, 0.25) is 0 Å². The van der Waals surface area contributed by atoms with Crippen molar-refractivity contribution in [1.29, 1.82) is 0 Å². The van der Waals surface area contributed by atoms with Crippen molar-refractivity contribution >= 4 is 17.6 Å². The second-order valence-electron chi connectivity index (χ2n) is 9.01. The first-order chi connectivity index (χ1) is 14.0. The molecule has 1 N–H and O–H groups in total. The molecule has 1 aliphatic carbocycles. The minimum atomic E-state index is -0.670. The van der Waals surface area contributed by atoms with Gasteiger partial charge in [-0.05, 0) is 49.8 Å². The molecule has 6 heteroatoms. The van der Waals surface area contributed by atoms with Crippen LogP contribution in [0.5, 0.6) is 0 Å². The molecule has 2 unspecified atom stereocenters. The molecule has 2 heterocycles. The van der Waals surface area contributed by atoms with E-state index in [1.807, 2.05) is 0 Å². The molecular formula is C23H34N4O2. The zero-order valence-corrected chi connectivity index (χ0v) is 17.8. The molecule has 2 aliphatic heterocycles. The average Bonchev–Trinajstić information content (AvgIpc) is 2.99. The number of imide groups is 1. The molecule has 4 rings (SSSR count). The van der Waals surface area contributed by atoms with Crippen LogP contribution in [-0.2, 0) is 4.79 Å². The maximum Gasteiger partial charge on any atom is 0.325 e. The summed E-state index contributed by atoms with van der Waals surface area (Å²) in [4.78, 5) is 32.2. The van der Waals surface area contributed by atoms with E-state index in [-0.39, 0.29) is 23.8 Å². The van der Waals surface area contributed by atoms with Gasteiger partial charge in [-0.3, -0.25) is 14.6 Å². The van der Waals surface area contributed by atoms with Gasteiger partial charge in [-0.1, -0.05) is 38.5 Å². The Balaban J connectivity index is 1.27. The number of carbonyl (C=O) groups excluding carboxylic acids is 2. The number of carbonyl (C=O) groups is 2. The van der Waals surface area contributed by atoms with Crippen molar-refractivity contribution in [1.82, 2.24) is 15.1 Å². The van der Waals surface area contributed by atoms with Crippen molar-refractivity contribution in [2.75, 3.05) is 44.2 Å². The second kappa shape index (κ2) is 8.34. The Morgan fingerprint density at radius 2 is 1.62 bits per heavy atom. The highest BCUT2D eigenvalue weighted by Crippen LogP contribution is 2.42. The fourth-order valence-corrected chi connectivity index (χ4v) is 5.48. The van der Waals surface area contributed by atoms with Gasteiger partial charge in [0.15, 0.2) is 0 Å². The van der Waals surface area contributed by atoms with Crippen molar-refractivity contribution in [3.8, 4) is 0 Å². The van der Waals surface area contributed by atoms with Crippen LogP contribution in [0.15, 0.2) is 30.3 Å². The number of rotatable bonds is 5. The fraction of sp³-hybridized carbons (Fsp3) is 0.652. The molecule has 158 valence electrons. The summed E-state index contributed by atoms with van der Waals surface area (Å²) in [5.41, 5.74) is 0.615. The molecule has 0 radical (unpaired) electrons. The van der Waals surface area contributed by atoms with Crippen LogP contribution >= 0.6 is 0 Å². The largest absolute Gasteiger partial charge is 0.369 e. The summed E-state index contributed by atoms with van der Waals surface area (Å²) in [6, 6.07) is 10.4. The monoisotopic (exact) mass is 398 g/mol. The van der Waals surface area contributed by atoms with Crippen LogP contribution < -0.4 is 10.2 Å². The Morgan fingerprint density at radius 3 is 2.28 bits per heavy atom. The molecule has 0 aromatic heterocycles. The summed E-state index contributed by atoms with van der Waals surface area (Å²) in [6.07, 6.45) is 4.00. The van der Waals surface area contributed by atoms with Gasteiger partial charge in [0.25, 0.3) is 5.91 Å². The maximum absolute atomic E-state index is 13.2. The molecule has 29 heavy (non-hydrogen) atoms. The van der Waals surface area contributed by atoms with Gasteiger partial charge >= 0.3 is 6.03 Å². The van der Waals surface area contributed by atoms with Gasteiger partial charge in [0.05, 0.1) is 0 Å². The van der Waals surface area contributed by atoms with Crippen molar-refractivity contribution in [2.24, 2.45) is 11.8 Å². The molecule has 1 aromatic carbocycles. The summed E-state index contributed by atoms with van der Waals surface area (Å²) >= 11 is 0. The second-order valence-corrected chi connectivity index (χ2v) is 9.01. The molecule has 3 amide bonds. The molecule has 6 nitrogen and oxygen atoms in total. The number of hydrogen-bond donors (Lipinski definition) is 1. The standard InChI is InChI=1S/C23H34N4O2/c1-18-8-6-9-19(2)23(18)21(28)27(22(29)24-23)13-7-12-25-14-16-26(17-15-25)20-10-4-3-5-11-20/h3-5,10-11,18-19H,6-9,12-17H2,1-2H3,(H,24,29). The molecule has 1 saturated carbocycles. The zero-order chi connectivity index (χ0) is 20.4. The van der Waals surface area contributed by atoms with Crippen LogP contribution in [0.25, 0.3) is 0 Å². The SMILES string of the molecule is CC1CCCC(C)C12NC(=O)N(CCCN1CCN(c3ccccc3)CC1)C2=O. The van der Waals surface area contributed by atoms with Crippen molar-refractivity contribution in [3.05, 3.63) is 30.3 Å². The van der Waals surface area contributed by atoms with Gasteiger partial charge in [-0.25, -0.2) is 4.79 Å². The average molecular weight is 399 g/mol. The lowest BCUT2D eigenvalue weighted by Gasteiger charge is -2.42. The number of anilines is 1. The Labute approximate surface area is 174 Å². The Kier molecular flexibility index (Phi) is 5.81. The Hall–Kier alpha value is -2.08. The van der Waals surface area contributed by atoms with Gasteiger partial charge in [-0.2, -0.15) is 0 Å². The summed E-state index contributed by atoms with van der Waals surface area (Å²) in [5, 5.41) is 3.10. The number of para-hydroxylation sites is 1. The van der Waals surface area contributed by atoms with Crippen LogP contribution in [0.3, 0.4) is 0 Å². The molecule has 0 bridgehead atoms. The smallest absolute Gasteiger partial charge is 0.325 e. The highest BCUT2D eigenvalue weighted by molar-refractivity contribution is 6.07. The summed E-state index contributed by atoms with van der Waals surface area (Å²) < 4.78 is 0. The zero-order valence-electron chi connectivity index (χ0n) is 17.8. The number of piperazine rings is 1. The Morgan fingerprint density at radius 1 is 0.966 bits per heavy atom. The van der Waals surface area contributed by atoms with Gasteiger partial charge in [0.1, 0.15) is 5.54 Å². The van der Waals surface area contributed by atoms with Crippen molar-refractivity contribution in [3.63, 3.8) is 0 Å². The van der Waals surface area contributed by atoms with E-state index < -0.39 is 5.54 Å². The normalized spacial score (nSPS) is 30.8. The van der Waals surface area contributed by atoms with Gasteiger partial charge in [0, 0.05) is 38.4 Å². The van der Waals surface area contributed by atoms with E-state index in [4.69, 9.17) is 0 Å². The molecule has 2 atom stereocenters. The van der Waals surface area contributed by atoms with Crippen LogP contribution in [0.1, 0.15) is 39.5 Å². The van der Waals surface area contributed by atoms with Crippen molar-refractivity contribution in [2.45, 2.75) is 45.1 Å². The van der Waals surface area contributed by atoms with Crippen LogP contribution in [0.2, 0.25) is 0 Å². The first-order valence-electron chi connectivity index (χ1n) is 11.2. The molecule has 1 spiro atoms. The molecule has 3 aliphatic rings. The first kappa shape index (κ1) is 20.2. The van der Waals surface area contributed by atoms with E-state index in [2.05, 4.69) is 59.3 Å². The lowest BCUT2D eigenvalue weighted by atomic mass is 9.67. The van der Waals surface area contributed by atoms with E-state index in [1.165, 1.54) is 10.6 Å². The van der Waals surface area contributed by atoms with Crippen LogP contribution in [0.4, 0.5) is 10.5 Å². The van der Waals surface area contributed by atoms with E-state index in [9.17, 15) is 9.59 Å². The summed E-state index contributed by atoms with van der Waals surface area (Å²) in [5.74, 6) is 0.425. The highest BCUT2D eigenvalue weighted by Gasteiger charge is 2.58. The number of urea groups is 1. The van der Waals surface area contributed by atoms with Crippen molar-refractivity contribution < 1.29 is 9.59 Å². The van der Waals surface area contributed by atoms with Gasteiger partial charge in [-0.15, -0.1) is 0 Å². The number of hydrogen-bond acceptors (Lipinski definition) is 4. The third-order valence-corrected chi connectivity index (χ3v) is 7.34. The van der Waals surface area contributed by atoms with Gasteiger partial charge < -0.3 is 10.2 Å². The number of nitrogens with zero attached hydrogens (tertiary/aromatic N) is 3. The Bertz CT molecular complexity index is 720. The van der Waals surface area contributed by atoms with Crippen LogP contribution in [0, 0.1) is 11.8 Å². The minimum Gasteiger partial charge on any atom is -0.369 e. The maximum atomic E-state index is 13.2. The van der Waals surface area contributed by atoms with E-state index in [1.54, 1.807) is 0 Å². The predicted octanol–water partition coefficient (Wildman–Crippen LogP) is 2.95. The van der Waals surface area contributed by atoms with E-state index in [0.29, 0.717) is 6.54 Å². The predicted molar refractivity (Wildman–Crippen MR) is 115 cm³/mol. The summed E-state index contributed by atoms with van der Waals surface area (Å²) in [6.45, 7) is 9.76. The first-order valence-corrected chi connectivity index (χ1v) is 11.2. The van der Waals surface area contributed by atoms with Crippen LogP contribution in [-0.4, -0.2) is 66.5 Å². The lowest BCUT2D eigenvalue weighted by molar-refractivity contribution is -0.136. The molecular weight excluding hydrogens is 364 g/mol.